The largest absolute Gasteiger partial charge is 0.342 e. The number of hydrogen-bond donors (Lipinski definition) is 1. The van der Waals surface area contributed by atoms with Crippen LogP contribution in [-0.2, 0) is 11.2 Å². The Balaban J connectivity index is 1.65. The number of nitrogens with zero attached hydrogens (tertiary/aromatic N) is 3. The Morgan fingerprint density at radius 1 is 1.30 bits per heavy atom. The fraction of sp³-hybridized carbons (Fsp3) is 0.471. The lowest BCUT2D eigenvalue weighted by molar-refractivity contribution is -0.129. The maximum Gasteiger partial charge on any atom is 0.235 e. The quantitative estimate of drug-likeness (QED) is 0.856. The molecule has 2 aromatic rings. The molecule has 0 spiro atoms. The molecule has 3 rings (SSSR count). The molecule has 1 N–H and O–H groups in total. The SMILES string of the molecule is CCc1ccc(-c2nc(S[C@@H](C)C(=O)N3CCCC3)n[nH]2)cc1. The van der Waals surface area contributed by atoms with Gasteiger partial charge in [0, 0.05) is 18.7 Å². The van der Waals surface area contributed by atoms with E-state index in [0.29, 0.717) is 5.16 Å². The van der Waals surface area contributed by atoms with E-state index in [4.69, 9.17) is 0 Å². The highest BCUT2D eigenvalue weighted by molar-refractivity contribution is 8.00. The average Bonchev–Trinajstić information content (AvgIpc) is 3.26. The molecular formula is C17H22N4OS. The van der Waals surface area contributed by atoms with Crippen LogP contribution in [0.3, 0.4) is 0 Å². The van der Waals surface area contributed by atoms with Gasteiger partial charge in [-0.3, -0.25) is 9.89 Å². The molecule has 1 aliphatic rings. The van der Waals surface area contributed by atoms with Crippen LogP contribution in [0.15, 0.2) is 29.4 Å². The molecule has 1 aliphatic heterocycles. The van der Waals surface area contributed by atoms with Crippen LogP contribution >= 0.6 is 11.8 Å². The second-order valence-corrected chi connectivity index (χ2v) is 7.12. The summed E-state index contributed by atoms with van der Waals surface area (Å²) in [6.07, 6.45) is 3.25. The zero-order valence-electron chi connectivity index (χ0n) is 13.6. The molecular weight excluding hydrogens is 308 g/mol. The number of H-pyrrole nitrogens is 1. The van der Waals surface area contributed by atoms with Crippen LogP contribution in [0.1, 0.15) is 32.3 Å². The average molecular weight is 330 g/mol. The number of benzene rings is 1. The minimum absolute atomic E-state index is 0.154. The second kappa shape index (κ2) is 7.17. The number of hydrogen-bond acceptors (Lipinski definition) is 4. The molecule has 23 heavy (non-hydrogen) atoms. The van der Waals surface area contributed by atoms with E-state index in [9.17, 15) is 4.79 Å². The molecule has 0 saturated carbocycles. The van der Waals surface area contributed by atoms with Crippen LogP contribution in [0.2, 0.25) is 0 Å². The van der Waals surface area contributed by atoms with Crippen LogP contribution in [0.5, 0.6) is 0 Å². The molecule has 122 valence electrons. The smallest absolute Gasteiger partial charge is 0.235 e. The summed E-state index contributed by atoms with van der Waals surface area (Å²) in [4.78, 5) is 18.8. The van der Waals surface area contributed by atoms with Gasteiger partial charge >= 0.3 is 0 Å². The van der Waals surface area contributed by atoms with Gasteiger partial charge in [0.15, 0.2) is 5.82 Å². The molecule has 1 aromatic heterocycles. The van der Waals surface area contributed by atoms with Gasteiger partial charge in [-0.05, 0) is 31.7 Å². The molecule has 1 atom stereocenters. The Bertz CT molecular complexity index is 661. The van der Waals surface area contributed by atoms with E-state index in [1.165, 1.54) is 17.3 Å². The summed E-state index contributed by atoms with van der Waals surface area (Å²) < 4.78 is 0. The first-order valence-corrected chi connectivity index (χ1v) is 9.02. The van der Waals surface area contributed by atoms with Crippen molar-refractivity contribution < 1.29 is 4.79 Å². The normalized spacial score (nSPS) is 15.8. The highest BCUT2D eigenvalue weighted by Gasteiger charge is 2.25. The first-order chi connectivity index (χ1) is 11.2. The minimum Gasteiger partial charge on any atom is -0.342 e. The van der Waals surface area contributed by atoms with E-state index in [2.05, 4.69) is 34.2 Å². The Morgan fingerprint density at radius 2 is 2.00 bits per heavy atom. The number of amides is 1. The van der Waals surface area contributed by atoms with Crippen LogP contribution in [0, 0.1) is 0 Å². The predicted molar refractivity (Wildman–Crippen MR) is 92.3 cm³/mol. The van der Waals surface area contributed by atoms with Crippen molar-refractivity contribution in [2.75, 3.05) is 13.1 Å². The molecule has 5 nitrogen and oxygen atoms in total. The summed E-state index contributed by atoms with van der Waals surface area (Å²) in [6.45, 7) is 5.83. The number of rotatable bonds is 5. The minimum atomic E-state index is -0.154. The zero-order valence-corrected chi connectivity index (χ0v) is 14.4. The number of carbonyl (C=O) groups is 1. The van der Waals surface area contributed by atoms with E-state index < -0.39 is 0 Å². The highest BCUT2D eigenvalue weighted by atomic mass is 32.2. The van der Waals surface area contributed by atoms with Crippen LogP contribution in [0.4, 0.5) is 0 Å². The molecule has 1 aromatic carbocycles. The number of likely N-dealkylation sites (tertiary alicyclic amines) is 1. The summed E-state index contributed by atoms with van der Waals surface area (Å²) >= 11 is 1.42. The van der Waals surface area contributed by atoms with Gasteiger partial charge in [0.05, 0.1) is 5.25 Å². The van der Waals surface area contributed by atoms with Gasteiger partial charge in [-0.25, -0.2) is 4.98 Å². The van der Waals surface area contributed by atoms with Crippen molar-refractivity contribution in [3.8, 4) is 11.4 Å². The van der Waals surface area contributed by atoms with Gasteiger partial charge in [0.2, 0.25) is 11.1 Å². The summed E-state index contributed by atoms with van der Waals surface area (Å²) in [5.74, 6) is 0.933. The molecule has 1 fully saturated rings. The number of aryl methyl sites for hydroxylation is 1. The number of aromatic amines is 1. The fourth-order valence-corrected chi connectivity index (χ4v) is 3.54. The van der Waals surface area contributed by atoms with Gasteiger partial charge < -0.3 is 4.90 Å². The van der Waals surface area contributed by atoms with Crippen molar-refractivity contribution in [2.45, 2.75) is 43.5 Å². The maximum atomic E-state index is 12.3. The van der Waals surface area contributed by atoms with Gasteiger partial charge in [-0.1, -0.05) is 43.0 Å². The van der Waals surface area contributed by atoms with E-state index >= 15 is 0 Å². The van der Waals surface area contributed by atoms with Crippen molar-refractivity contribution in [2.24, 2.45) is 0 Å². The standard InChI is InChI=1S/C17H22N4OS/c1-3-13-6-8-14(9-7-13)15-18-17(20-19-15)23-12(2)16(22)21-10-4-5-11-21/h6-9,12H,3-5,10-11H2,1-2H3,(H,18,19,20)/t12-/m0/s1. The highest BCUT2D eigenvalue weighted by Crippen LogP contribution is 2.25. The van der Waals surface area contributed by atoms with Crippen LogP contribution in [-0.4, -0.2) is 44.3 Å². The van der Waals surface area contributed by atoms with Gasteiger partial charge in [0.1, 0.15) is 0 Å². The van der Waals surface area contributed by atoms with Gasteiger partial charge in [-0.2, -0.15) is 0 Å². The van der Waals surface area contributed by atoms with Gasteiger partial charge in [0.25, 0.3) is 0 Å². The summed E-state index contributed by atoms with van der Waals surface area (Å²) in [5.41, 5.74) is 2.31. The summed E-state index contributed by atoms with van der Waals surface area (Å²) in [6, 6.07) is 8.30. The molecule has 2 heterocycles. The first-order valence-electron chi connectivity index (χ1n) is 8.14. The number of aromatic nitrogens is 3. The van der Waals surface area contributed by atoms with Crippen LogP contribution in [0.25, 0.3) is 11.4 Å². The molecule has 0 radical (unpaired) electrons. The Hall–Kier alpha value is -1.82. The molecule has 1 amide bonds. The molecule has 6 heteroatoms. The summed E-state index contributed by atoms with van der Waals surface area (Å²) in [5, 5.41) is 7.68. The third-order valence-electron chi connectivity index (χ3n) is 4.15. The lowest BCUT2D eigenvalue weighted by Gasteiger charge is -2.18. The molecule has 0 aliphatic carbocycles. The monoisotopic (exact) mass is 330 g/mol. The van der Waals surface area contributed by atoms with E-state index in [1.807, 2.05) is 24.0 Å². The van der Waals surface area contributed by atoms with E-state index in [0.717, 1.165) is 43.7 Å². The fourth-order valence-electron chi connectivity index (χ4n) is 2.73. The first kappa shape index (κ1) is 16.1. The van der Waals surface area contributed by atoms with Gasteiger partial charge in [-0.15, -0.1) is 5.10 Å². The predicted octanol–water partition coefficient (Wildman–Crippen LogP) is 3.14. The molecule has 0 bridgehead atoms. The Morgan fingerprint density at radius 3 is 2.65 bits per heavy atom. The molecule has 1 saturated heterocycles. The number of nitrogens with one attached hydrogen (secondary N) is 1. The maximum absolute atomic E-state index is 12.3. The Kier molecular flexibility index (Phi) is 5.00. The van der Waals surface area contributed by atoms with Crippen molar-refractivity contribution >= 4 is 17.7 Å². The Labute approximate surface area is 140 Å². The lowest BCUT2D eigenvalue weighted by Crippen LogP contribution is -2.34. The summed E-state index contributed by atoms with van der Waals surface area (Å²) in [7, 11) is 0. The van der Waals surface area contributed by atoms with E-state index in [-0.39, 0.29) is 11.2 Å². The van der Waals surface area contributed by atoms with Crippen molar-refractivity contribution in [1.82, 2.24) is 20.1 Å². The van der Waals surface area contributed by atoms with Crippen molar-refractivity contribution in [1.29, 1.82) is 0 Å². The number of carbonyl (C=O) groups excluding carboxylic acids is 1. The van der Waals surface area contributed by atoms with E-state index in [1.54, 1.807) is 0 Å². The van der Waals surface area contributed by atoms with Crippen LogP contribution < -0.4 is 0 Å². The third kappa shape index (κ3) is 3.75. The molecule has 0 unspecified atom stereocenters. The third-order valence-corrected chi connectivity index (χ3v) is 5.10. The number of thioether (sulfide) groups is 1. The lowest BCUT2D eigenvalue weighted by atomic mass is 10.1. The topological polar surface area (TPSA) is 61.9 Å². The van der Waals surface area contributed by atoms with Crippen molar-refractivity contribution in [3.63, 3.8) is 0 Å². The second-order valence-electron chi connectivity index (χ2n) is 5.81. The van der Waals surface area contributed by atoms with Crippen molar-refractivity contribution in [3.05, 3.63) is 29.8 Å². The zero-order chi connectivity index (χ0) is 16.2.